The predicted octanol–water partition coefficient (Wildman–Crippen LogP) is 6.42. The summed E-state index contributed by atoms with van der Waals surface area (Å²) in [7, 11) is 0. The van der Waals surface area contributed by atoms with Gasteiger partial charge in [-0.25, -0.2) is 4.99 Å². The average Bonchev–Trinajstić information content (AvgIpc) is 2.67. The summed E-state index contributed by atoms with van der Waals surface area (Å²) in [6, 6.07) is 17.4. The smallest absolute Gasteiger partial charge is 0.264 e. The van der Waals surface area contributed by atoms with Crippen molar-refractivity contribution in [2.24, 2.45) is 4.99 Å². The molecule has 0 unspecified atom stereocenters. The molecular formula is C21H17F3N2S. The molecule has 0 saturated carbocycles. The predicted molar refractivity (Wildman–Crippen MR) is 104 cm³/mol. The zero-order valence-electron chi connectivity index (χ0n) is 14.6. The Morgan fingerprint density at radius 3 is 2.48 bits per heavy atom. The van der Waals surface area contributed by atoms with E-state index in [1.165, 1.54) is 17.8 Å². The van der Waals surface area contributed by atoms with Crippen LogP contribution in [0.2, 0.25) is 0 Å². The van der Waals surface area contributed by atoms with Gasteiger partial charge < -0.3 is 0 Å². The molecule has 0 N–H and O–H groups in total. The number of aryl methyl sites for hydroxylation is 1. The first-order valence-corrected chi connectivity index (χ1v) is 9.26. The highest BCUT2D eigenvalue weighted by molar-refractivity contribution is 8.13. The number of aromatic nitrogens is 1. The lowest BCUT2D eigenvalue weighted by atomic mass is 10.1. The molecule has 3 aromatic rings. The molecule has 2 aromatic carbocycles. The summed E-state index contributed by atoms with van der Waals surface area (Å²) in [6.45, 7) is 1.63. The summed E-state index contributed by atoms with van der Waals surface area (Å²) in [6.07, 6.45) is -1.23. The van der Waals surface area contributed by atoms with Crippen LogP contribution in [0.15, 0.2) is 78.0 Å². The zero-order chi connectivity index (χ0) is 19.3. The third kappa shape index (κ3) is 5.20. The van der Waals surface area contributed by atoms with Crippen molar-refractivity contribution < 1.29 is 13.2 Å². The van der Waals surface area contributed by atoms with Crippen molar-refractivity contribution in [3.8, 4) is 0 Å². The van der Waals surface area contributed by atoms with Gasteiger partial charge in [-0.2, -0.15) is 13.2 Å². The largest absolute Gasteiger partial charge is 0.418 e. The van der Waals surface area contributed by atoms with E-state index >= 15 is 0 Å². The van der Waals surface area contributed by atoms with E-state index in [4.69, 9.17) is 0 Å². The Morgan fingerprint density at radius 1 is 1.04 bits per heavy atom. The molecule has 0 bridgehead atoms. The van der Waals surface area contributed by atoms with Crippen molar-refractivity contribution in [3.63, 3.8) is 0 Å². The molecular weight excluding hydrogens is 369 g/mol. The molecule has 0 fully saturated rings. The molecule has 0 amide bonds. The van der Waals surface area contributed by atoms with Crippen LogP contribution in [0.5, 0.6) is 0 Å². The van der Waals surface area contributed by atoms with E-state index in [0.717, 1.165) is 11.6 Å². The van der Waals surface area contributed by atoms with Crippen molar-refractivity contribution in [1.82, 2.24) is 4.98 Å². The number of aliphatic imine (C=N–C) groups is 1. The molecule has 27 heavy (non-hydrogen) atoms. The first-order chi connectivity index (χ1) is 12.9. The summed E-state index contributed by atoms with van der Waals surface area (Å²) in [4.78, 5) is 8.44. The van der Waals surface area contributed by atoms with Crippen LogP contribution < -0.4 is 0 Å². The van der Waals surface area contributed by atoms with E-state index in [2.05, 4.69) is 9.98 Å². The van der Waals surface area contributed by atoms with Crippen molar-refractivity contribution in [2.75, 3.05) is 0 Å². The van der Waals surface area contributed by atoms with Gasteiger partial charge in [-0.05, 0) is 36.8 Å². The fraction of sp³-hybridized carbons (Fsp3) is 0.143. The molecule has 138 valence electrons. The lowest BCUT2D eigenvalue weighted by Crippen LogP contribution is -2.06. The Balaban J connectivity index is 2.00. The van der Waals surface area contributed by atoms with E-state index in [0.29, 0.717) is 21.9 Å². The minimum atomic E-state index is -4.46. The van der Waals surface area contributed by atoms with Crippen LogP contribution in [0.25, 0.3) is 0 Å². The summed E-state index contributed by atoms with van der Waals surface area (Å²) >= 11 is 1.39. The average molecular weight is 386 g/mol. The van der Waals surface area contributed by atoms with E-state index in [1.807, 2.05) is 30.3 Å². The Hall–Kier alpha value is -2.60. The SMILES string of the molecule is Cc1ccc(N=C(SCc2ccccc2)c2cccnc2)c(C(F)(F)F)c1. The monoisotopic (exact) mass is 386 g/mol. The summed E-state index contributed by atoms with van der Waals surface area (Å²) < 4.78 is 40.3. The van der Waals surface area contributed by atoms with Crippen molar-refractivity contribution in [1.29, 1.82) is 0 Å². The third-order valence-corrected chi connectivity index (χ3v) is 4.88. The molecule has 0 aliphatic carbocycles. The number of nitrogens with zero attached hydrogens (tertiary/aromatic N) is 2. The molecule has 6 heteroatoms. The minimum absolute atomic E-state index is 0.0903. The maximum absolute atomic E-state index is 13.4. The van der Waals surface area contributed by atoms with Crippen LogP contribution in [-0.2, 0) is 11.9 Å². The Kier molecular flexibility index (Phi) is 5.96. The number of alkyl halides is 3. The lowest BCUT2D eigenvalue weighted by molar-refractivity contribution is -0.137. The van der Waals surface area contributed by atoms with Crippen LogP contribution in [0.3, 0.4) is 0 Å². The maximum Gasteiger partial charge on any atom is 0.418 e. The first-order valence-electron chi connectivity index (χ1n) is 8.27. The summed E-state index contributed by atoms with van der Waals surface area (Å²) in [5.41, 5.74) is 1.48. The van der Waals surface area contributed by atoms with E-state index in [9.17, 15) is 13.2 Å². The normalized spacial score (nSPS) is 12.2. The third-order valence-electron chi connectivity index (χ3n) is 3.81. The number of rotatable bonds is 4. The quantitative estimate of drug-likeness (QED) is 0.382. The van der Waals surface area contributed by atoms with Crippen LogP contribution in [0.1, 0.15) is 22.3 Å². The van der Waals surface area contributed by atoms with Crippen LogP contribution in [0.4, 0.5) is 18.9 Å². The molecule has 0 aliphatic rings. The van der Waals surface area contributed by atoms with Gasteiger partial charge in [0.1, 0.15) is 5.04 Å². The van der Waals surface area contributed by atoms with Gasteiger partial charge in [-0.1, -0.05) is 42.0 Å². The number of benzene rings is 2. The van der Waals surface area contributed by atoms with Crippen LogP contribution in [0, 0.1) is 6.92 Å². The molecule has 1 aromatic heterocycles. The molecule has 1 heterocycles. The van der Waals surface area contributed by atoms with Crippen LogP contribution in [-0.4, -0.2) is 10.0 Å². The number of thioether (sulfide) groups is 1. The van der Waals surface area contributed by atoms with Gasteiger partial charge >= 0.3 is 6.18 Å². The Morgan fingerprint density at radius 2 is 1.81 bits per heavy atom. The second-order valence-corrected chi connectivity index (χ2v) is 6.92. The Labute approximate surface area is 160 Å². The number of hydrogen-bond acceptors (Lipinski definition) is 3. The van der Waals surface area contributed by atoms with Gasteiger partial charge in [0.2, 0.25) is 0 Å². The highest BCUT2D eigenvalue weighted by Crippen LogP contribution is 2.38. The van der Waals surface area contributed by atoms with Gasteiger partial charge in [-0.15, -0.1) is 11.8 Å². The van der Waals surface area contributed by atoms with E-state index in [-0.39, 0.29) is 5.69 Å². The summed E-state index contributed by atoms with van der Waals surface area (Å²) in [5, 5.41) is 0.501. The summed E-state index contributed by atoms with van der Waals surface area (Å²) in [5.74, 6) is 0.599. The Bertz CT molecular complexity index is 923. The zero-order valence-corrected chi connectivity index (χ0v) is 15.4. The van der Waals surface area contributed by atoms with E-state index < -0.39 is 11.7 Å². The second kappa shape index (κ2) is 8.39. The van der Waals surface area contributed by atoms with Crippen molar-refractivity contribution in [3.05, 3.63) is 95.3 Å². The van der Waals surface area contributed by atoms with Crippen LogP contribution >= 0.6 is 11.8 Å². The standard InChI is InChI=1S/C21H17F3N2S/c1-15-9-10-19(18(12-15)21(22,23)24)26-20(17-8-5-11-25-13-17)27-14-16-6-3-2-4-7-16/h2-13H,14H2,1H3. The fourth-order valence-electron chi connectivity index (χ4n) is 2.48. The molecule has 3 rings (SSSR count). The number of halogens is 3. The lowest BCUT2D eigenvalue weighted by Gasteiger charge is -2.13. The maximum atomic E-state index is 13.4. The van der Waals surface area contributed by atoms with Gasteiger partial charge in [0.05, 0.1) is 11.3 Å². The van der Waals surface area contributed by atoms with Gasteiger partial charge in [0, 0.05) is 23.7 Å². The van der Waals surface area contributed by atoms with Gasteiger partial charge in [0.15, 0.2) is 0 Å². The van der Waals surface area contributed by atoms with Gasteiger partial charge in [0.25, 0.3) is 0 Å². The van der Waals surface area contributed by atoms with E-state index in [1.54, 1.807) is 37.5 Å². The minimum Gasteiger partial charge on any atom is -0.264 e. The van der Waals surface area contributed by atoms with Crippen molar-refractivity contribution >= 4 is 22.5 Å². The van der Waals surface area contributed by atoms with Gasteiger partial charge in [-0.3, -0.25) is 4.98 Å². The first kappa shape index (κ1) is 19.2. The molecule has 0 aliphatic heterocycles. The topological polar surface area (TPSA) is 25.2 Å². The highest BCUT2D eigenvalue weighted by Gasteiger charge is 2.33. The highest BCUT2D eigenvalue weighted by atomic mass is 32.2. The molecule has 2 nitrogen and oxygen atoms in total. The molecule has 0 saturated heterocycles. The fourth-order valence-corrected chi connectivity index (χ4v) is 3.43. The number of hydrogen-bond donors (Lipinski definition) is 0. The molecule has 0 radical (unpaired) electrons. The second-order valence-electron chi connectivity index (χ2n) is 5.95. The number of pyridine rings is 1. The molecule has 0 atom stereocenters. The molecule has 0 spiro atoms. The van der Waals surface area contributed by atoms with Crippen molar-refractivity contribution in [2.45, 2.75) is 18.9 Å².